The molecule has 0 amide bonds. The molecule has 166 valence electrons. The minimum Gasteiger partial charge on any atom is -0.462 e. The second-order valence-electron chi connectivity index (χ2n) is 9.59. The Morgan fingerprint density at radius 3 is 2.30 bits per heavy atom. The lowest BCUT2D eigenvalue weighted by atomic mass is 9.61. The first-order valence-electron chi connectivity index (χ1n) is 11.5. The third-order valence-electron chi connectivity index (χ3n) is 6.92. The lowest BCUT2D eigenvalue weighted by molar-refractivity contribution is 0.00578. The molecule has 0 aliphatic carbocycles. The maximum absolute atomic E-state index is 12.0. The van der Waals surface area contributed by atoms with Crippen LogP contribution in [0.4, 0.5) is 0 Å². The van der Waals surface area contributed by atoms with E-state index in [2.05, 4.69) is 27.7 Å². The molecule has 1 atom stereocenters. The van der Waals surface area contributed by atoms with Crippen LogP contribution >= 0.6 is 0 Å². The Kier molecular flexibility index (Phi) is 8.00. The number of carbonyl (C=O) groups is 1. The van der Waals surface area contributed by atoms with Crippen molar-refractivity contribution in [2.45, 2.75) is 83.2 Å². The van der Waals surface area contributed by atoms with Gasteiger partial charge in [-0.25, -0.2) is 4.79 Å². The molecule has 5 nitrogen and oxygen atoms in total. The largest absolute Gasteiger partial charge is 0.462 e. The number of hydrogen-bond acceptors (Lipinski definition) is 5. The highest BCUT2D eigenvalue weighted by Crippen LogP contribution is 2.45. The van der Waals surface area contributed by atoms with Gasteiger partial charge >= 0.3 is 13.1 Å². The Balaban J connectivity index is 1.45. The van der Waals surface area contributed by atoms with Gasteiger partial charge in [0, 0.05) is 13.2 Å². The number of unbranched alkanes of at least 4 members (excludes halogenated alkanes) is 2. The summed E-state index contributed by atoms with van der Waals surface area (Å²) < 4.78 is 23.8. The summed E-state index contributed by atoms with van der Waals surface area (Å²) in [5.41, 5.74) is 0.0113. The summed E-state index contributed by atoms with van der Waals surface area (Å²) in [6.45, 7) is 10.6. The molecular formula is C24H37BO5. The number of carbonyl (C=O) groups excluding carboxylic acids is 1. The van der Waals surface area contributed by atoms with E-state index in [1.165, 1.54) is 0 Å². The molecule has 0 N–H and O–H groups in total. The lowest BCUT2D eigenvalue weighted by Gasteiger charge is -2.32. The van der Waals surface area contributed by atoms with Gasteiger partial charge in [0.15, 0.2) is 0 Å². The third kappa shape index (κ3) is 5.86. The predicted molar refractivity (Wildman–Crippen MR) is 119 cm³/mol. The maximum Gasteiger partial charge on any atom is 0.461 e. The highest BCUT2D eigenvalue weighted by Gasteiger charge is 2.54. The summed E-state index contributed by atoms with van der Waals surface area (Å²) >= 11 is 0. The Labute approximate surface area is 181 Å². The van der Waals surface area contributed by atoms with E-state index in [1.807, 2.05) is 18.2 Å². The van der Waals surface area contributed by atoms with Crippen molar-refractivity contribution < 1.29 is 23.6 Å². The fraction of sp³-hybridized carbons (Fsp3) is 0.708. The molecule has 1 aromatic carbocycles. The Morgan fingerprint density at radius 2 is 1.67 bits per heavy atom. The number of benzene rings is 1. The molecule has 2 aliphatic rings. The molecule has 2 fully saturated rings. The van der Waals surface area contributed by atoms with Gasteiger partial charge in [-0.2, -0.15) is 0 Å². The van der Waals surface area contributed by atoms with E-state index < -0.39 is 0 Å². The fourth-order valence-corrected chi connectivity index (χ4v) is 4.28. The van der Waals surface area contributed by atoms with Crippen LogP contribution in [0.1, 0.15) is 76.6 Å². The van der Waals surface area contributed by atoms with Crippen molar-refractivity contribution in [3.05, 3.63) is 35.9 Å². The molecular weight excluding hydrogens is 379 g/mol. The fourth-order valence-electron chi connectivity index (χ4n) is 4.28. The SMILES string of the molecule is CC1(C)OB([C@@H](CCCCCOC(=O)c2ccccc2)C2CCOCC2)OC1(C)C. The van der Waals surface area contributed by atoms with Crippen LogP contribution < -0.4 is 0 Å². The van der Waals surface area contributed by atoms with E-state index in [-0.39, 0.29) is 24.3 Å². The van der Waals surface area contributed by atoms with E-state index in [0.717, 1.165) is 51.7 Å². The first kappa shape index (κ1) is 23.3. The molecule has 0 radical (unpaired) electrons. The normalized spacial score (nSPS) is 22.1. The van der Waals surface area contributed by atoms with Crippen LogP contribution in [0.3, 0.4) is 0 Å². The van der Waals surface area contributed by atoms with Crippen molar-refractivity contribution in [2.24, 2.45) is 5.92 Å². The minimum absolute atomic E-state index is 0.158. The maximum atomic E-state index is 12.0. The standard InChI is InChI=1S/C24H37BO5/c1-23(2)24(3,4)30-25(29-23)21(19-14-17-27-18-15-19)13-9-6-10-16-28-22(26)20-11-7-5-8-12-20/h5,7-8,11-12,19,21H,6,9-10,13-18H2,1-4H3/t21-/m0/s1. The van der Waals surface area contributed by atoms with Crippen molar-refractivity contribution in [2.75, 3.05) is 19.8 Å². The van der Waals surface area contributed by atoms with Gasteiger partial charge in [0.1, 0.15) is 0 Å². The molecule has 0 spiro atoms. The van der Waals surface area contributed by atoms with Crippen LogP contribution in [0.25, 0.3) is 0 Å². The highest BCUT2D eigenvalue weighted by molar-refractivity contribution is 6.47. The molecule has 0 saturated carbocycles. The zero-order valence-corrected chi connectivity index (χ0v) is 19.0. The summed E-state index contributed by atoms with van der Waals surface area (Å²) in [5, 5.41) is 0. The number of ether oxygens (including phenoxy) is 2. The molecule has 0 aromatic heterocycles. The van der Waals surface area contributed by atoms with Crippen LogP contribution in [-0.4, -0.2) is 44.1 Å². The topological polar surface area (TPSA) is 54.0 Å². The van der Waals surface area contributed by atoms with Gasteiger partial charge < -0.3 is 18.8 Å². The van der Waals surface area contributed by atoms with Crippen molar-refractivity contribution in [1.82, 2.24) is 0 Å². The van der Waals surface area contributed by atoms with E-state index in [9.17, 15) is 4.79 Å². The van der Waals surface area contributed by atoms with Gasteiger partial charge in [-0.15, -0.1) is 0 Å². The average molecular weight is 416 g/mol. The lowest BCUT2D eigenvalue weighted by Crippen LogP contribution is -2.41. The van der Waals surface area contributed by atoms with Crippen LogP contribution in [-0.2, 0) is 18.8 Å². The first-order chi connectivity index (χ1) is 14.3. The first-order valence-corrected chi connectivity index (χ1v) is 11.5. The van der Waals surface area contributed by atoms with Gasteiger partial charge in [-0.1, -0.05) is 37.5 Å². The monoisotopic (exact) mass is 416 g/mol. The smallest absolute Gasteiger partial charge is 0.461 e. The van der Waals surface area contributed by atoms with Crippen LogP contribution in [0.5, 0.6) is 0 Å². The molecule has 6 heteroatoms. The van der Waals surface area contributed by atoms with Crippen LogP contribution in [0.15, 0.2) is 30.3 Å². The highest BCUT2D eigenvalue weighted by atomic mass is 16.7. The third-order valence-corrected chi connectivity index (χ3v) is 6.92. The van der Waals surface area contributed by atoms with Crippen molar-refractivity contribution >= 4 is 13.1 Å². The Morgan fingerprint density at radius 1 is 1.03 bits per heavy atom. The van der Waals surface area contributed by atoms with Crippen LogP contribution in [0, 0.1) is 5.92 Å². The van der Waals surface area contributed by atoms with Gasteiger partial charge in [-0.3, -0.25) is 0 Å². The summed E-state index contributed by atoms with van der Waals surface area (Å²) in [7, 11) is -0.158. The number of hydrogen-bond donors (Lipinski definition) is 0. The Bertz CT molecular complexity index is 653. The minimum atomic E-state index is -0.299. The Hall–Kier alpha value is -1.37. The molecule has 1 aromatic rings. The van der Waals surface area contributed by atoms with Gasteiger partial charge in [0.2, 0.25) is 0 Å². The number of esters is 1. The van der Waals surface area contributed by atoms with E-state index in [0.29, 0.717) is 23.9 Å². The molecule has 2 heterocycles. The summed E-state index contributed by atoms with van der Waals surface area (Å²) in [6, 6.07) is 9.16. The molecule has 2 saturated heterocycles. The van der Waals surface area contributed by atoms with Crippen LogP contribution in [0.2, 0.25) is 5.82 Å². The average Bonchev–Trinajstić information content (AvgIpc) is 2.95. The van der Waals surface area contributed by atoms with Gasteiger partial charge in [0.25, 0.3) is 0 Å². The van der Waals surface area contributed by atoms with Crippen molar-refractivity contribution in [3.8, 4) is 0 Å². The summed E-state index contributed by atoms with van der Waals surface area (Å²) in [6.07, 6.45) is 6.19. The van der Waals surface area contributed by atoms with E-state index in [1.54, 1.807) is 12.1 Å². The van der Waals surface area contributed by atoms with Gasteiger partial charge in [-0.05, 0) is 70.8 Å². The van der Waals surface area contributed by atoms with Crippen molar-refractivity contribution in [1.29, 1.82) is 0 Å². The predicted octanol–water partition coefficient (Wildman–Crippen LogP) is 5.29. The quantitative estimate of drug-likeness (QED) is 0.311. The van der Waals surface area contributed by atoms with Crippen molar-refractivity contribution in [3.63, 3.8) is 0 Å². The zero-order chi connectivity index (χ0) is 21.6. The second kappa shape index (κ2) is 10.3. The summed E-state index contributed by atoms with van der Waals surface area (Å²) in [4.78, 5) is 12.0. The molecule has 0 bridgehead atoms. The molecule has 2 aliphatic heterocycles. The number of rotatable bonds is 9. The molecule has 0 unspecified atom stereocenters. The summed E-state index contributed by atoms with van der Waals surface area (Å²) in [5.74, 6) is 0.707. The second-order valence-corrected chi connectivity index (χ2v) is 9.59. The van der Waals surface area contributed by atoms with Gasteiger partial charge in [0.05, 0.1) is 23.4 Å². The van der Waals surface area contributed by atoms with E-state index in [4.69, 9.17) is 18.8 Å². The zero-order valence-electron chi connectivity index (χ0n) is 19.0. The molecule has 3 rings (SSSR count). The molecule has 30 heavy (non-hydrogen) atoms. The van der Waals surface area contributed by atoms with E-state index >= 15 is 0 Å².